The minimum absolute atomic E-state index is 0.0367. The molecule has 11 nitrogen and oxygen atoms in total. The quantitative estimate of drug-likeness (QED) is 0.0195. The number of hydrogen-bond donors (Lipinski definition) is 6. The number of hydrogen-bond acceptors (Lipinski definition) is 10. The molecule has 0 spiro atoms. The summed E-state index contributed by atoms with van der Waals surface area (Å²) in [6.45, 7) is 5.57. The van der Waals surface area contributed by atoms with Crippen LogP contribution in [0.25, 0.3) is 0 Å². The topological polar surface area (TPSA) is 175 Å². The first kappa shape index (κ1) is 72.8. The van der Waals surface area contributed by atoms with Crippen molar-refractivity contribution in [2.24, 2.45) is 0 Å². The molecule has 79 heavy (non-hydrogen) atoms. The summed E-state index contributed by atoms with van der Waals surface area (Å²) >= 11 is 0. The molecule has 1 amide bonds. The summed E-state index contributed by atoms with van der Waals surface area (Å²) in [4.78, 5) is 26.5. The van der Waals surface area contributed by atoms with Gasteiger partial charge in [-0.15, -0.1) is 0 Å². The second-order valence-electron chi connectivity index (χ2n) is 20.7. The largest absolute Gasteiger partial charge is 0.454 e. The molecule has 448 valence electrons. The average Bonchev–Trinajstić information content (AvgIpc) is 3.45. The number of carbonyl (C=O) groups is 2. The van der Waals surface area contributed by atoms with Gasteiger partial charge in [-0.25, -0.2) is 0 Å². The molecule has 1 heterocycles. The Bertz CT molecular complexity index is 1790. The number of rotatable bonds is 50. The summed E-state index contributed by atoms with van der Waals surface area (Å²) in [7, 11) is 0. The first-order chi connectivity index (χ1) is 38.7. The Balaban J connectivity index is 2.73. The zero-order valence-electron chi connectivity index (χ0n) is 49.4. The van der Waals surface area contributed by atoms with Crippen molar-refractivity contribution in [3.8, 4) is 0 Å². The van der Waals surface area contributed by atoms with Crippen LogP contribution in [0.5, 0.6) is 0 Å². The molecule has 0 radical (unpaired) electrons. The van der Waals surface area contributed by atoms with E-state index in [-0.39, 0.29) is 19.4 Å². The Morgan fingerprint density at radius 3 is 1.39 bits per heavy atom. The summed E-state index contributed by atoms with van der Waals surface area (Å²) in [6, 6.07) is -1.06. The number of allylic oxidation sites excluding steroid dienone is 21. The van der Waals surface area contributed by atoms with Crippen molar-refractivity contribution < 1.29 is 49.3 Å². The van der Waals surface area contributed by atoms with Gasteiger partial charge in [0.05, 0.1) is 25.4 Å². The number of carbonyl (C=O) groups excluding carboxylic acids is 2. The second-order valence-corrected chi connectivity index (χ2v) is 20.7. The summed E-state index contributed by atoms with van der Waals surface area (Å²) in [5, 5.41) is 56.9. The van der Waals surface area contributed by atoms with Crippen LogP contribution in [0.1, 0.15) is 220 Å². The maximum atomic E-state index is 13.4. The Kier molecular flexibility index (Phi) is 50.1. The predicted molar refractivity (Wildman–Crippen MR) is 328 cm³/mol. The normalized spacial score (nSPS) is 19.8. The van der Waals surface area contributed by atoms with E-state index in [1.807, 2.05) is 18.2 Å². The van der Waals surface area contributed by atoms with E-state index in [1.54, 1.807) is 6.08 Å². The number of aliphatic hydroxyl groups is 5. The molecular weight excluding hydrogens is 991 g/mol. The van der Waals surface area contributed by atoms with Gasteiger partial charge in [-0.3, -0.25) is 9.59 Å². The Morgan fingerprint density at radius 2 is 0.911 bits per heavy atom. The molecule has 1 aliphatic rings. The third kappa shape index (κ3) is 42.3. The van der Waals surface area contributed by atoms with Crippen LogP contribution in [-0.2, 0) is 23.8 Å². The number of nitrogens with one attached hydrogen (secondary N) is 1. The van der Waals surface area contributed by atoms with Crippen LogP contribution in [0.3, 0.4) is 0 Å². The van der Waals surface area contributed by atoms with Gasteiger partial charge in [-0.05, 0) is 116 Å². The molecule has 1 rings (SSSR count). The maximum absolute atomic E-state index is 13.4. The zero-order chi connectivity index (χ0) is 57.5. The lowest BCUT2D eigenvalue weighted by Gasteiger charge is -2.41. The van der Waals surface area contributed by atoms with Gasteiger partial charge < -0.3 is 45.1 Å². The SMILES string of the molecule is CC/C=C\C/C=C\C/C=C\C/C=C\C/C=C\C/C=C\CCCCCC(O)C(=O)NC(COC1OC(CO)C(O)C(O)C1OC(=O)CCC/C=C\C/C=C\C/C=C\C/C=C\CCCCC)C(O)/C=C/CCCCCCCCCCC. The Morgan fingerprint density at radius 1 is 0.506 bits per heavy atom. The first-order valence-corrected chi connectivity index (χ1v) is 31.0. The van der Waals surface area contributed by atoms with Crippen molar-refractivity contribution in [2.45, 2.75) is 269 Å². The maximum Gasteiger partial charge on any atom is 0.306 e. The van der Waals surface area contributed by atoms with Crippen molar-refractivity contribution in [1.29, 1.82) is 0 Å². The van der Waals surface area contributed by atoms with Crippen molar-refractivity contribution in [2.75, 3.05) is 13.2 Å². The van der Waals surface area contributed by atoms with Gasteiger partial charge in [0, 0.05) is 6.42 Å². The third-order valence-electron chi connectivity index (χ3n) is 13.5. The van der Waals surface area contributed by atoms with E-state index in [9.17, 15) is 35.1 Å². The van der Waals surface area contributed by atoms with E-state index >= 15 is 0 Å². The van der Waals surface area contributed by atoms with E-state index in [1.165, 1.54) is 57.8 Å². The summed E-state index contributed by atoms with van der Waals surface area (Å²) in [5.41, 5.74) is 0. The molecule has 0 saturated carbocycles. The Labute approximate surface area is 480 Å². The fourth-order valence-electron chi connectivity index (χ4n) is 8.64. The van der Waals surface area contributed by atoms with Gasteiger partial charge in [-0.1, -0.05) is 231 Å². The highest BCUT2D eigenvalue weighted by atomic mass is 16.7. The molecular formula is C68H111NO10. The fourth-order valence-corrected chi connectivity index (χ4v) is 8.64. The molecule has 1 saturated heterocycles. The highest BCUT2D eigenvalue weighted by Crippen LogP contribution is 2.26. The number of unbranched alkanes of at least 4 members (excludes halogenated alkanes) is 16. The van der Waals surface area contributed by atoms with E-state index < -0.39 is 67.4 Å². The number of esters is 1. The van der Waals surface area contributed by atoms with E-state index in [0.29, 0.717) is 19.3 Å². The van der Waals surface area contributed by atoms with Gasteiger partial charge in [0.25, 0.3) is 0 Å². The lowest BCUT2D eigenvalue weighted by Crippen LogP contribution is -2.61. The highest BCUT2D eigenvalue weighted by Gasteiger charge is 2.47. The lowest BCUT2D eigenvalue weighted by molar-refractivity contribution is -0.305. The van der Waals surface area contributed by atoms with Crippen LogP contribution in [0, 0.1) is 0 Å². The molecule has 0 aromatic heterocycles. The highest BCUT2D eigenvalue weighted by molar-refractivity contribution is 5.80. The number of aliphatic hydroxyl groups excluding tert-OH is 5. The van der Waals surface area contributed by atoms with Crippen LogP contribution in [0.15, 0.2) is 134 Å². The van der Waals surface area contributed by atoms with Crippen molar-refractivity contribution >= 4 is 11.9 Å². The molecule has 11 heteroatoms. The van der Waals surface area contributed by atoms with Crippen LogP contribution >= 0.6 is 0 Å². The lowest BCUT2D eigenvalue weighted by atomic mass is 9.99. The average molecular weight is 1100 g/mol. The molecule has 6 N–H and O–H groups in total. The van der Waals surface area contributed by atoms with Gasteiger partial charge in [0.1, 0.15) is 24.4 Å². The minimum atomic E-state index is -1.65. The standard InChI is InChI=1S/C68H111NO10/c1-4-7-10-13-16-19-22-24-26-28-29-30-31-32-34-35-37-40-43-46-49-52-55-61(72)67(76)69-59(60(71)54-51-48-45-42-39-21-18-15-12-9-6-3)58-77-68-66(65(75)64(74)62(57-70)78-68)79-63(73)56-53-50-47-44-41-38-36-33-27-25-23-20-17-14-11-8-5-2/h7,10,16-17,19-20,24-27,29-30,32,34,36-38,40,44,47,51,54,59-62,64-66,68,70-72,74-75H,4-6,8-9,11-15,18,21-23,28,31,33,35,39,41-43,45-46,48-50,52-53,55-58H2,1-3H3,(H,69,76)/b10-7-,19-16-,20-17-,26-24-,27-25-,30-29-,34-32-,38-36-,40-37-,47-44-,54-51+. The molecule has 1 fully saturated rings. The van der Waals surface area contributed by atoms with Crippen molar-refractivity contribution in [3.05, 3.63) is 134 Å². The molecule has 0 aromatic carbocycles. The summed E-state index contributed by atoms with van der Waals surface area (Å²) in [6.07, 6.45) is 66.3. The molecule has 1 aliphatic heterocycles. The van der Waals surface area contributed by atoms with Gasteiger partial charge in [-0.2, -0.15) is 0 Å². The van der Waals surface area contributed by atoms with E-state index in [0.717, 1.165) is 109 Å². The van der Waals surface area contributed by atoms with Crippen molar-refractivity contribution in [3.63, 3.8) is 0 Å². The molecule has 0 aliphatic carbocycles. The summed E-state index contributed by atoms with van der Waals surface area (Å²) in [5.74, 6) is -1.29. The number of ether oxygens (including phenoxy) is 3. The predicted octanol–water partition coefficient (Wildman–Crippen LogP) is 14.8. The third-order valence-corrected chi connectivity index (χ3v) is 13.5. The van der Waals surface area contributed by atoms with Gasteiger partial charge in [0.2, 0.25) is 5.91 Å². The van der Waals surface area contributed by atoms with Crippen LogP contribution < -0.4 is 5.32 Å². The first-order valence-electron chi connectivity index (χ1n) is 31.0. The zero-order valence-corrected chi connectivity index (χ0v) is 49.4. The van der Waals surface area contributed by atoms with Crippen molar-refractivity contribution in [1.82, 2.24) is 5.32 Å². The van der Waals surface area contributed by atoms with Crippen LogP contribution in [-0.4, -0.2) is 99.6 Å². The Hall–Kier alpha value is -4.20. The second kappa shape index (κ2) is 54.4. The number of amides is 1. The van der Waals surface area contributed by atoms with Crippen LogP contribution in [0.2, 0.25) is 0 Å². The molecule has 8 atom stereocenters. The van der Waals surface area contributed by atoms with Crippen LogP contribution in [0.4, 0.5) is 0 Å². The molecule has 8 unspecified atom stereocenters. The molecule has 0 bridgehead atoms. The summed E-state index contributed by atoms with van der Waals surface area (Å²) < 4.78 is 17.5. The fraction of sp³-hybridized carbons (Fsp3) is 0.647. The monoisotopic (exact) mass is 1100 g/mol. The van der Waals surface area contributed by atoms with E-state index in [2.05, 4.69) is 135 Å². The molecule has 0 aromatic rings. The minimum Gasteiger partial charge on any atom is -0.454 e. The van der Waals surface area contributed by atoms with Gasteiger partial charge in [0.15, 0.2) is 12.4 Å². The van der Waals surface area contributed by atoms with E-state index in [4.69, 9.17) is 14.2 Å². The smallest absolute Gasteiger partial charge is 0.306 e. The van der Waals surface area contributed by atoms with Gasteiger partial charge >= 0.3 is 5.97 Å².